The van der Waals surface area contributed by atoms with Crippen LogP contribution in [0.2, 0.25) is 0 Å². The number of carbonyl (C=O) groups excluding carboxylic acids is 1. The zero-order valence-electron chi connectivity index (χ0n) is 10.0. The first kappa shape index (κ1) is 11.5. The lowest BCUT2D eigenvalue weighted by molar-refractivity contribution is 0.0602. The zero-order chi connectivity index (χ0) is 12.4. The van der Waals surface area contributed by atoms with Gasteiger partial charge in [0.2, 0.25) is 0 Å². The summed E-state index contributed by atoms with van der Waals surface area (Å²) in [5.41, 5.74) is 1.07. The van der Waals surface area contributed by atoms with Crippen molar-refractivity contribution in [2.75, 3.05) is 7.11 Å². The van der Waals surface area contributed by atoms with E-state index >= 15 is 0 Å². The Morgan fingerprint density at radius 3 is 2.76 bits per heavy atom. The molecule has 0 atom stereocenters. The lowest BCUT2D eigenvalue weighted by Crippen LogP contribution is -2.07. The first-order valence-corrected chi connectivity index (χ1v) is 5.38. The van der Waals surface area contributed by atoms with E-state index in [1.165, 1.54) is 13.4 Å². The normalized spacial score (nSPS) is 10.8. The number of esters is 1. The van der Waals surface area contributed by atoms with Crippen LogP contribution in [0.3, 0.4) is 0 Å². The van der Waals surface area contributed by atoms with Crippen molar-refractivity contribution in [3.05, 3.63) is 30.0 Å². The smallest absolute Gasteiger partial charge is 0.338 e. The Kier molecular flexibility index (Phi) is 3.04. The molecule has 1 aromatic heterocycles. The summed E-state index contributed by atoms with van der Waals surface area (Å²) in [6.45, 7) is 3.84. The van der Waals surface area contributed by atoms with Gasteiger partial charge in [-0.15, -0.1) is 0 Å². The highest BCUT2D eigenvalue weighted by Gasteiger charge is 2.15. The number of benzene rings is 1. The molecule has 4 heteroatoms. The summed E-state index contributed by atoms with van der Waals surface area (Å²) in [5, 5.41) is 0.730. The standard InChI is InChI=1S/C13H14O4/c1-8(2)17-9-6-11(13(14)15-3)10-4-5-16-12(10)7-9/h4-8H,1-3H3. The molecular weight excluding hydrogens is 220 g/mol. The quantitative estimate of drug-likeness (QED) is 0.766. The summed E-state index contributed by atoms with van der Waals surface area (Å²) in [7, 11) is 1.35. The van der Waals surface area contributed by atoms with E-state index in [4.69, 9.17) is 13.9 Å². The summed E-state index contributed by atoms with van der Waals surface area (Å²) in [4.78, 5) is 11.6. The molecule has 1 aromatic carbocycles. The number of methoxy groups -OCH3 is 1. The van der Waals surface area contributed by atoms with Crippen molar-refractivity contribution in [2.24, 2.45) is 0 Å². The Morgan fingerprint density at radius 1 is 1.35 bits per heavy atom. The van der Waals surface area contributed by atoms with E-state index in [0.29, 0.717) is 16.9 Å². The fraction of sp³-hybridized carbons (Fsp3) is 0.308. The van der Waals surface area contributed by atoms with Crippen LogP contribution < -0.4 is 4.74 Å². The number of furan rings is 1. The fourth-order valence-electron chi connectivity index (χ4n) is 1.67. The van der Waals surface area contributed by atoms with Gasteiger partial charge in [-0.3, -0.25) is 0 Å². The molecule has 0 fully saturated rings. The van der Waals surface area contributed by atoms with Crippen LogP contribution in [0.15, 0.2) is 28.9 Å². The van der Waals surface area contributed by atoms with Gasteiger partial charge in [0.15, 0.2) is 0 Å². The summed E-state index contributed by atoms with van der Waals surface area (Å²) in [6.07, 6.45) is 1.57. The predicted octanol–water partition coefficient (Wildman–Crippen LogP) is 3.01. The average Bonchev–Trinajstić information content (AvgIpc) is 2.74. The molecule has 0 aliphatic heterocycles. The van der Waals surface area contributed by atoms with Gasteiger partial charge in [0, 0.05) is 11.5 Å². The number of rotatable bonds is 3. The zero-order valence-corrected chi connectivity index (χ0v) is 10.0. The third kappa shape index (κ3) is 2.25. The van der Waals surface area contributed by atoms with E-state index in [1.807, 2.05) is 13.8 Å². The number of fused-ring (bicyclic) bond motifs is 1. The van der Waals surface area contributed by atoms with Crippen molar-refractivity contribution >= 4 is 16.9 Å². The molecule has 0 amide bonds. The van der Waals surface area contributed by atoms with Gasteiger partial charge in [0.25, 0.3) is 0 Å². The number of hydrogen-bond donors (Lipinski definition) is 0. The van der Waals surface area contributed by atoms with Crippen LogP contribution in [0.5, 0.6) is 5.75 Å². The second kappa shape index (κ2) is 4.49. The Hall–Kier alpha value is -1.97. The molecule has 4 nitrogen and oxygen atoms in total. The molecule has 0 bridgehead atoms. The number of ether oxygens (including phenoxy) is 2. The van der Waals surface area contributed by atoms with Gasteiger partial charge >= 0.3 is 5.97 Å². The van der Waals surface area contributed by atoms with E-state index in [1.54, 1.807) is 18.2 Å². The average molecular weight is 234 g/mol. The maximum absolute atomic E-state index is 11.6. The molecule has 0 aliphatic rings. The molecule has 0 aliphatic carbocycles. The summed E-state index contributed by atoms with van der Waals surface area (Å²) in [6, 6.07) is 5.17. The molecule has 0 saturated heterocycles. The van der Waals surface area contributed by atoms with Crippen LogP contribution in [0.1, 0.15) is 24.2 Å². The van der Waals surface area contributed by atoms with Gasteiger partial charge in [0.1, 0.15) is 11.3 Å². The van der Waals surface area contributed by atoms with Gasteiger partial charge in [0.05, 0.1) is 25.0 Å². The SMILES string of the molecule is COC(=O)c1cc(OC(C)C)cc2occc12. The Morgan fingerprint density at radius 2 is 2.12 bits per heavy atom. The lowest BCUT2D eigenvalue weighted by Gasteiger charge is -2.10. The molecule has 90 valence electrons. The van der Waals surface area contributed by atoms with Crippen molar-refractivity contribution in [3.8, 4) is 5.75 Å². The maximum Gasteiger partial charge on any atom is 0.338 e. The first-order chi connectivity index (χ1) is 8.11. The van der Waals surface area contributed by atoms with E-state index in [2.05, 4.69) is 0 Å². The number of hydrogen-bond acceptors (Lipinski definition) is 4. The third-order valence-electron chi connectivity index (χ3n) is 2.32. The van der Waals surface area contributed by atoms with Gasteiger partial charge in [-0.05, 0) is 26.0 Å². The van der Waals surface area contributed by atoms with E-state index in [-0.39, 0.29) is 6.10 Å². The molecule has 0 spiro atoms. The third-order valence-corrected chi connectivity index (χ3v) is 2.32. The monoisotopic (exact) mass is 234 g/mol. The largest absolute Gasteiger partial charge is 0.491 e. The molecule has 0 radical (unpaired) electrons. The van der Waals surface area contributed by atoms with Crippen molar-refractivity contribution in [3.63, 3.8) is 0 Å². The highest BCUT2D eigenvalue weighted by atomic mass is 16.5. The molecule has 0 N–H and O–H groups in total. The second-order valence-electron chi connectivity index (χ2n) is 3.96. The van der Waals surface area contributed by atoms with Crippen LogP contribution >= 0.6 is 0 Å². The Labute approximate surface area is 99.1 Å². The lowest BCUT2D eigenvalue weighted by atomic mass is 10.1. The molecule has 17 heavy (non-hydrogen) atoms. The molecule has 0 saturated carbocycles. The van der Waals surface area contributed by atoms with E-state index in [9.17, 15) is 4.79 Å². The van der Waals surface area contributed by atoms with Crippen LogP contribution in [-0.2, 0) is 4.74 Å². The van der Waals surface area contributed by atoms with Crippen LogP contribution in [0.4, 0.5) is 0 Å². The van der Waals surface area contributed by atoms with Gasteiger partial charge in [-0.1, -0.05) is 0 Å². The predicted molar refractivity (Wildman–Crippen MR) is 63.3 cm³/mol. The van der Waals surface area contributed by atoms with Gasteiger partial charge in [-0.25, -0.2) is 4.79 Å². The summed E-state index contributed by atoms with van der Waals surface area (Å²) < 4.78 is 15.6. The van der Waals surface area contributed by atoms with Crippen molar-refractivity contribution in [1.29, 1.82) is 0 Å². The summed E-state index contributed by atoms with van der Waals surface area (Å²) in [5.74, 6) is 0.202. The van der Waals surface area contributed by atoms with E-state index in [0.717, 1.165) is 5.39 Å². The topological polar surface area (TPSA) is 48.7 Å². The second-order valence-corrected chi connectivity index (χ2v) is 3.96. The molecule has 2 aromatic rings. The van der Waals surface area contributed by atoms with Crippen molar-refractivity contribution < 1.29 is 18.7 Å². The molecule has 2 rings (SSSR count). The molecule has 1 heterocycles. The Balaban J connectivity index is 2.54. The van der Waals surface area contributed by atoms with Crippen molar-refractivity contribution in [1.82, 2.24) is 0 Å². The first-order valence-electron chi connectivity index (χ1n) is 5.38. The van der Waals surface area contributed by atoms with Crippen LogP contribution in [0, 0.1) is 0 Å². The summed E-state index contributed by atoms with van der Waals surface area (Å²) >= 11 is 0. The van der Waals surface area contributed by atoms with Gasteiger partial charge in [-0.2, -0.15) is 0 Å². The minimum atomic E-state index is -0.398. The van der Waals surface area contributed by atoms with Gasteiger partial charge < -0.3 is 13.9 Å². The highest BCUT2D eigenvalue weighted by Crippen LogP contribution is 2.27. The number of carbonyl (C=O) groups is 1. The van der Waals surface area contributed by atoms with Crippen LogP contribution in [-0.4, -0.2) is 19.2 Å². The highest BCUT2D eigenvalue weighted by molar-refractivity contribution is 6.03. The van der Waals surface area contributed by atoms with Crippen LogP contribution in [0.25, 0.3) is 11.0 Å². The minimum absolute atomic E-state index is 0.0351. The maximum atomic E-state index is 11.6. The fourth-order valence-corrected chi connectivity index (χ4v) is 1.67. The molecule has 0 unspecified atom stereocenters. The van der Waals surface area contributed by atoms with E-state index < -0.39 is 5.97 Å². The molecular formula is C13H14O4. The van der Waals surface area contributed by atoms with Crippen molar-refractivity contribution in [2.45, 2.75) is 20.0 Å². The minimum Gasteiger partial charge on any atom is -0.491 e. The Bertz CT molecular complexity index is 539.